The number of benzene rings is 1. The summed E-state index contributed by atoms with van der Waals surface area (Å²) in [4.78, 5) is 20.9. The predicted octanol–water partition coefficient (Wildman–Crippen LogP) is 4.59. The molecule has 4 nitrogen and oxygen atoms in total. The molecule has 5 heteroatoms. The Bertz CT molecular complexity index is 1000. The molecule has 136 valence electrons. The summed E-state index contributed by atoms with van der Waals surface area (Å²) < 4.78 is 2.47. The number of halogens is 1. The van der Waals surface area contributed by atoms with E-state index in [4.69, 9.17) is 0 Å². The van der Waals surface area contributed by atoms with Crippen LogP contribution in [0.15, 0.2) is 24.5 Å². The van der Waals surface area contributed by atoms with E-state index in [9.17, 15) is 4.79 Å². The molecule has 0 fully saturated rings. The molecule has 2 aromatic heterocycles. The van der Waals surface area contributed by atoms with Gasteiger partial charge in [-0.15, -0.1) is 12.4 Å². The zero-order valence-electron chi connectivity index (χ0n) is 15.2. The van der Waals surface area contributed by atoms with Crippen LogP contribution in [0.2, 0.25) is 0 Å². The molecule has 3 heterocycles. The fourth-order valence-electron chi connectivity index (χ4n) is 4.86. The number of nitrogens with one attached hydrogen (secondary N) is 1. The number of para-hydroxylation sites is 1. The summed E-state index contributed by atoms with van der Waals surface area (Å²) in [5.41, 5.74) is 7.09. The van der Waals surface area contributed by atoms with Gasteiger partial charge in [0.05, 0.1) is 17.5 Å². The lowest BCUT2D eigenvalue weighted by molar-refractivity contribution is 0.0901. The number of aromatic nitrogens is 3. The van der Waals surface area contributed by atoms with Gasteiger partial charge in [-0.2, -0.15) is 0 Å². The Hall–Kier alpha value is -2.07. The molecular weight excluding hydrogens is 346 g/mol. The molecular formula is C21H24ClN3O. The molecule has 0 radical (unpaired) electrons. The third kappa shape index (κ3) is 2.35. The van der Waals surface area contributed by atoms with Crippen LogP contribution in [0.25, 0.3) is 10.9 Å². The summed E-state index contributed by atoms with van der Waals surface area (Å²) in [5, 5.41) is 1.17. The van der Waals surface area contributed by atoms with Gasteiger partial charge in [-0.1, -0.05) is 18.2 Å². The molecule has 0 saturated carbocycles. The van der Waals surface area contributed by atoms with E-state index in [1.807, 2.05) is 6.92 Å². The maximum Gasteiger partial charge on any atom is 0.168 e. The maximum atomic E-state index is 13.4. The maximum absolute atomic E-state index is 13.4. The Kier molecular flexibility index (Phi) is 4.19. The van der Waals surface area contributed by atoms with Crippen LogP contribution in [0.5, 0.6) is 0 Å². The van der Waals surface area contributed by atoms with Crippen LogP contribution in [0.4, 0.5) is 0 Å². The zero-order chi connectivity index (χ0) is 17.1. The van der Waals surface area contributed by atoms with Gasteiger partial charge in [-0.05, 0) is 45.1 Å². The summed E-state index contributed by atoms with van der Waals surface area (Å²) in [5.74, 6) is 0.368. The molecule has 0 saturated heterocycles. The molecule has 1 aliphatic heterocycles. The van der Waals surface area contributed by atoms with Crippen molar-refractivity contribution in [3.05, 3.63) is 52.7 Å². The normalized spacial score (nSPS) is 21.5. The highest BCUT2D eigenvalue weighted by atomic mass is 35.5. The van der Waals surface area contributed by atoms with Gasteiger partial charge in [0.25, 0.3) is 0 Å². The molecule has 0 spiro atoms. The average molecular weight is 370 g/mol. The van der Waals surface area contributed by atoms with Gasteiger partial charge in [-0.3, -0.25) is 4.79 Å². The second-order valence-electron chi connectivity index (χ2n) is 7.67. The average Bonchev–Trinajstić information content (AvgIpc) is 3.17. The lowest BCUT2D eigenvalue weighted by Gasteiger charge is -2.27. The number of fused-ring (bicyclic) bond motifs is 3. The summed E-state index contributed by atoms with van der Waals surface area (Å²) in [6, 6.07) is 6.98. The molecule has 3 aromatic rings. The fourth-order valence-corrected chi connectivity index (χ4v) is 4.86. The standard InChI is InChI=1S/C21H23N3O.ClH/c1-12-6-7-14-4-3-5-16-19-18(24(12)20(14)16)9-8-15(21(19)25)10-17-13(2)22-11-23-17;/h3-5,11-12,15H,6-10H2,1-2H3,(H,22,23);1H. The van der Waals surface area contributed by atoms with Crippen molar-refractivity contribution in [2.45, 2.75) is 52.0 Å². The molecule has 5 rings (SSSR count). The number of carbonyl (C=O) groups excluding carboxylic acids is 1. The number of imidazole rings is 1. The molecule has 1 aromatic carbocycles. The molecule has 26 heavy (non-hydrogen) atoms. The Morgan fingerprint density at radius 2 is 2.12 bits per heavy atom. The summed E-state index contributed by atoms with van der Waals surface area (Å²) in [7, 11) is 0. The quantitative estimate of drug-likeness (QED) is 0.718. The number of aromatic amines is 1. The lowest BCUT2D eigenvalue weighted by Crippen LogP contribution is -2.26. The Balaban J connectivity index is 0.00000168. The van der Waals surface area contributed by atoms with Crippen molar-refractivity contribution in [3.63, 3.8) is 0 Å². The van der Waals surface area contributed by atoms with E-state index in [0.717, 1.165) is 49.1 Å². The smallest absolute Gasteiger partial charge is 0.168 e. The highest BCUT2D eigenvalue weighted by Gasteiger charge is 2.35. The van der Waals surface area contributed by atoms with Gasteiger partial charge in [0, 0.05) is 40.7 Å². The van der Waals surface area contributed by atoms with E-state index >= 15 is 0 Å². The molecule has 1 aliphatic carbocycles. The van der Waals surface area contributed by atoms with Crippen LogP contribution in [0.1, 0.15) is 58.8 Å². The van der Waals surface area contributed by atoms with Gasteiger partial charge in [0.15, 0.2) is 5.78 Å². The Morgan fingerprint density at radius 1 is 1.27 bits per heavy atom. The van der Waals surface area contributed by atoms with Crippen molar-refractivity contribution in [1.29, 1.82) is 0 Å². The van der Waals surface area contributed by atoms with E-state index in [0.29, 0.717) is 11.8 Å². The van der Waals surface area contributed by atoms with E-state index in [-0.39, 0.29) is 18.3 Å². The van der Waals surface area contributed by atoms with Crippen molar-refractivity contribution in [2.75, 3.05) is 0 Å². The summed E-state index contributed by atoms with van der Waals surface area (Å²) >= 11 is 0. The van der Waals surface area contributed by atoms with E-state index in [2.05, 4.69) is 39.7 Å². The lowest BCUT2D eigenvalue weighted by atomic mass is 9.82. The van der Waals surface area contributed by atoms with Gasteiger partial charge in [-0.25, -0.2) is 4.98 Å². The number of hydrogen-bond donors (Lipinski definition) is 1. The molecule has 1 N–H and O–H groups in total. The van der Waals surface area contributed by atoms with Crippen LogP contribution >= 0.6 is 12.4 Å². The minimum Gasteiger partial charge on any atom is -0.348 e. The van der Waals surface area contributed by atoms with Crippen LogP contribution in [0.3, 0.4) is 0 Å². The van der Waals surface area contributed by atoms with Crippen LogP contribution in [-0.4, -0.2) is 20.3 Å². The van der Waals surface area contributed by atoms with Crippen LogP contribution < -0.4 is 0 Å². The highest BCUT2D eigenvalue weighted by Crippen LogP contribution is 2.41. The van der Waals surface area contributed by atoms with Gasteiger partial charge >= 0.3 is 0 Å². The Labute approximate surface area is 159 Å². The number of nitrogens with zero attached hydrogens (tertiary/aromatic N) is 2. The molecule has 2 aliphatic rings. The molecule has 0 bridgehead atoms. The van der Waals surface area contributed by atoms with E-state index < -0.39 is 0 Å². The van der Waals surface area contributed by atoms with Crippen molar-refractivity contribution in [3.8, 4) is 0 Å². The summed E-state index contributed by atoms with van der Waals surface area (Å²) in [6.07, 6.45) is 6.67. The first kappa shape index (κ1) is 17.3. The largest absolute Gasteiger partial charge is 0.348 e. The topological polar surface area (TPSA) is 50.7 Å². The second kappa shape index (κ2) is 6.27. The number of carbonyl (C=O) groups is 1. The van der Waals surface area contributed by atoms with Gasteiger partial charge in [0.1, 0.15) is 0 Å². The van der Waals surface area contributed by atoms with Crippen molar-refractivity contribution in [2.24, 2.45) is 5.92 Å². The van der Waals surface area contributed by atoms with Crippen LogP contribution in [0, 0.1) is 12.8 Å². The van der Waals surface area contributed by atoms with Gasteiger partial charge < -0.3 is 9.55 Å². The minimum atomic E-state index is 0. The van der Waals surface area contributed by atoms with Crippen LogP contribution in [-0.2, 0) is 19.3 Å². The summed E-state index contributed by atoms with van der Waals surface area (Å²) in [6.45, 7) is 4.32. The third-order valence-corrected chi connectivity index (χ3v) is 6.20. The van der Waals surface area contributed by atoms with Crippen molar-refractivity contribution in [1.82, 2.24) is 14.5 Å². The first-order valence-corrected chi connectivity index (χ1v) is 9.33. The number of rotatable bonds is 2. The van der Waals surface area contributed by atoms with E-state index in [1.165, 1.54) is 22.2 Å². The first-order chi connectivity index (χ1) is 12.1. The Morgan fingerprint density at radius 3 is 2.88 bits per heavy atom. The number of hydrogen-bond acceptors (Lipinski definition) is 2. The van der Waals surface area contributed by atoms with Gasteiger partial charge in [0.2, 0.25) is 0 Å². The predicted molar refractivity (Wildman–Crippen MR) is 105 cm³/mol. The highest BCUT2D eigenvalue weighted by molar-refractivity contribution is 6.12. The van der Waals surface area contributed by atoms with Crippen molar-refractivity contribution >= 4 is 29.1 Å². The first-order valence-electron chi connectivity index (χ1n) is 9.33. The SMILES string of the molecule is Cc1[nH]cnc1CC1CCc2c(c3cccc4c3n2C(C)CC4)C1=O.Cl. The number of H-pyrrole nitrogens is 1. The third-order valence-electron chi connectivity index (χ3n) is 6.20. The molecule has 2 unspecified atom stereocenters. The minimum absolute atomic E-state index is 0. The number of aryl methyl sites for hydroxylation is 2. The molecule has 0 amide bonds. The number of Topliss-reactive ketones (excluding diaryl/α,β-unsaturated/α-hetero) is 1. The second-order valence-corrected chi connectivity index (χ2v) is 7.67. The zero-order valence-corrected chi connectivity index (χ0v) is 16.0. The fraction of sp³-hybridized carbons (Fsp3) is 0.429. The monoisotopic (exact) mass is 369 g/mol. The van der Waals surface area contributed by atoms with Crippen molar-refractivity contribution < 1.29 is 4.79 Å². The number of ketones is 1. The molecule has 2 atom stereocenters. The van der Waals surface area contributed by atoms with E-state index in [1.54, 1.807) is 6.33 Å².